The third kappa shape index (κ3) is 4.53. The number of carbonyl (C=O) groups is 3. The fourth-order valence-corrected chi connectivity index (χ4v) is 6.77. The highest BCUT2D eigenvalue weighted by Gasteiger charge is 2.72. The van der Waals surface area contributed by atoms with Gasteiger partial charge in [-0.05, 0) is 43.5 Å². The summed E-state index contributed by atoms with van der Waals surface area (Å²) in [7, 11) is 0. The van der Waals surface area contributed by atoms with Crippen LogP contribution in [0.5, 0.6) is 5.75 Å². The van der Waals surface area contributed by atoms with Gasteiger partial charge in [0.15, 0.2) is 0 Å². The summed E-state index contributed by atoms with van der Waals surface area (Å²) in [6.45, 7) is 9.43. The van der Waals surface area contributed by atoms with Crippen molar-refractivity contribution >= 4 is 23.4 Å². The molecule has 40 heavy (non-hydrogen) atoms. The van der Waals surface area contributed by atoms with E-state index in [0.29, 0.717) is 37.7 Å². The first kappa shape index (κ1) is 28.4. The Balaban J connectivity index is 1.57. The average molecular weight is 552 g/mol. The normalized spacial score (nSPS) is 30.4. The number of likely N-dealkylation sites (tertiary alicyclic amines) is 1. The molecular weight excluding hydrogens is 510 g/mol. The molecule has 4 aliphatic heterocycles. The maximum atomic E-state index is 14.4. The Kier molecular flexibility index (Phi) is 8.06. The van der Waals surface area contributed by atoms with E-state index in [1.165, 1.54) is 0 Å². The SMILES string of the molecule is CCCCN1CC=C[C@]23O[C@H]4C=CCN(c5ccc(OCC)cc5)C(=O)[C@H]4[C@H]2C(=O)N([C@@H](CO)C(C)C)C3C1=O. The van der Waals surface area contributed by atoms with Crippen molar-refractivity contribution in [3.8, 4) is 5.75 Å². The van der Waals surface area contributed by atoms with E-state index in [-0.39, 0.29) is 30.2 Å². The molecule has 4 heterocycles. The van der Waals surface area contributed by atoms with Crippen molar-refractivity contribution in [1.82, 2.24) is 9.80 Å². The molecule has 1 unspecified atom stereocenters. The summed E-state index contributed by atoms with van der Waals surface area (Å²) < 4.78 is 12.3. The number of benzene rings is 1. The van der Waals surface area contributed by atoms with Crippen LogP contribution in [0.3, 0.4) is 0 Å². The van der Waals surface area contributed by atoms with Crippen LogP contribution >= 0.6 is 0 Å². The summed E-state index contributed by atoms with van der Waals surface area (Å²) in [6, 6.07) is 5.81. The van der Waals surface area contributed by atoms with E-state index < -0.39 is 35.6 Å². The standard InChI is InChI=1S/C31H41N3O6/c1-5-7-16-32-17-9-15-31-26(29(37)34(27(31)30(32)38)23(19-35)20(3)4)25-24(40-31)10-8-18-33(28(25)36)21-11-13-22(14-12-21)39-6-2/h8-15,20,23-27,35H,5-7,16-19H2,1-4H3/t23-,24-,25+,26-,27?,31-/m0/s1. The fourth-order valence-electron chi connectivity index (χ4n) is 6.77. The number of aliphatic hydroxyl groups is 1. The summed E-state index contributed by atoms with van der Waals surface area (Å²) >= 11 is 0. The fraction of sp³-hybridized carbons (Fsp3) is 0.581. The molecule has 2 fully saturated rings. The number of unbranched alkanes of at least 4 members (excludes halogenated alkanes) is 1. The van der Waals surface area contributed by atoms with Crippen molar-refractivity contribution in [2.75, 3.05) is 37.7 Å². The Bertz CT molecular complexity index is 1180. The van der Waals surface area contributed by atoms with E-state index in [9.17, 15) is 19.5 Å². The molecule has 0 bridgehead atoms. The van der Waals surface area contributed by atoms with Gasteiger partial charge in [-0.1, -0.05) is 51.5 Å². The number of fused-ring (bicyclic) bond motifs is 2. The molecule has 0 saturated carbocycles. The Hall–Kier alpha value is -3.17. The Morgan fingerprint density at radius 1 is 1.05 bits per heavy atom. The highest BCUT2D eigenvalue weighted by Crippen LogP contribution is 2.54. The molecule has 216 valence electrons. The summed E-state index contributed by atoms with van der Waals surface area (Å²) in [5, 5.41) is 10.4. The highest BCUT2D eigenvalue weighted by molar-refractivity contribution is 6.04. The quantitative estimate of drug-likeness (QED) is 0.474. The molecule has 0 radical (unpaired) electrons. The second-order valence-electron chi connectivity index (χ2n) is 11.4. The van der Waals surface area contributed by atoms with Gasteiger partial charge in [-0.15, -0.1) is 0 Å². The van der Waals surface area contributed by atoms with Crippen molar-refractivity contribution in [3.05, 3.63) is 48.6 Å². The smallest absolute Gasteiger partial charge is 0.249 e. The average Bonchev–Trinajstić information content (AvgIpc) is 3.25. The number of nitrogens with zero attached hydrogens (tertiary/aromatic N) is 3. The van der Waals surface area contributed by atoms with Crippen LogP contribution in [0.4, 0.5) is 5.69 Å². The van der Waals surface area contributed by atoms with E-state index in [0.717, 1.165) is 12.8 Å². The maximum Gasteiger partial charge on any atom is 0.249 e. The van der Waals surface area contributed by atoms with Gasteiger partial charge < -0.3 is 29.3 Å². The van der Waals surface area contributed by atoms with Crippen LogP contribution in [0.1, 0.15) is 40.5 Å². The number of rotatable bonds is 9. The first-order valence-electron chi connectivity index (χ1n) is 14.6. The topological polar surface area (TPSA) is 99.6 Å². The molecule has 0 aliphatic carbocycles. The van der Waals surface area contributed by atoms with Gasteiger partial charge in [0.2, 0.25) is 17.7 Å². The number of hydrogen-bond acceptors (Lipinski definition) is 6. The molecule has 6 atom stereocenters. The van der Waals surface area contributed by atoms with Crippen molar-refractivity contribution in [2.45, 2.75) is 64.3 Å². The predicted octanol–water partition coefficient (Wildman–Crippen LogP) is 2.78. The van der Waals surface area contributed by atoms with Crippen LogP contribution in [0.25, 0.3) is 0 Å². The number of anilines is 1. The molecule has 1 spiro atoms. The zero-order valence-corrected chi connectivity index (χ0v) is 23.9. The molecule has 3 amide bonds. The Labute approximate surface area is 236 Å². The third-order valence-corrected chi connectivity index (χ3v) is 8.73. The van der Waals surface area contributed by atoms with Crippen molar-refractivity contribution in [3.63, 3.8) is 0 Å². The van der Waals surface area contributed by atoms with Gasteiger partial charge in [-0.25, -0.2) is 0 Å². The second kappa shape index (κ2) is 11.4. The number of carbonyl (C=O) groups excluding carboxylic acids is 3. The van der Waals surface area contributed by atoms with Crippen LogP contribution in [0.2, 0.25) is 0 Å². The van der Waals surface area contributed by atoms with Crippen LogP contribution in [0.15, 0.2) is 48.6 Å². The zero-order valence-electron chi connectivity index (χ0n) is 23.9. The van der Waals surface area contributed by atoms with Gasteiger partial charge in [-0.3, -0.25) is 14.4 Å². The maximum absolute atomic E-state index is 14.4. The lowest BCUT2D eigenvalue weighted by Gasteiger charge is -2.39. The van der Waals surface area contributed by atoms with Crippen LogP contribution < -0.4 is 9.64 Å². The minimum absolute atomic E-state index is 0.102. The number of hydrogen-bond donors (Lipinski definition) is 1. The molecule has 5 rings (SSSR count). The minimum atomic E-state index is -1.30. The van der Waals surface area contributed by atoms with Crippen LogP contribution in [0, 0.1) is 17.8 Å². The summed E-state index contributed by atoms with van der Waals surface area (Å²) in [6.07, 6.45) is 8.65. The van der Waals surface area contributed by atoms with Gasteiger partial charge in [0.1, 0.15) is 17.4 Å². The van der Waals surface area contributed by atoms with E-state index >= 15 is 0 Å². The highest BCUT2D eigenvalue weighted by atomic mass is 16.5. The third-order valence-electron chi connectivity index (χ3n) is 8.73. The van der Waals surface area contributed by atoms with Crippen LogP contribution in [-0.2, 0) is 19.1 Å². The molecule has 9 heteroatoms. The monoisotopic (exact) mass is 551 g/mol. The van der Waals surface area contributed by atoms with Crippen molar-refractivity contribution in [1.29, 1.82) is 0 Å². The summed E-state index contributed by atoms with van der Waals surface area (Å²) in [5.41, 5.74) is -0.596. The van der Waals surface area contributed by atoms with Gasteiger partial charge in [0, 0.05) is 25.3 Å². The van der Waals surface area contributed by atoms with Crippen LogP contribution in [-0.4, -0.2) is 89.3 Å². The van der Waals surface area contributed by atoms with Gasteiger partial charge >= 0.3 is 0 Å². The number of amides is 3. The lowest BCUT2D eigenvalue weighted by atomic mass is 9.77. The lowest BCUT2D eigenvalue weighted by molar-refractivity contribution is -0.151. The van der Waals surface area contributed by atoms with E-state index in [1.54, 1.807) is 14.7 Å². The van der Waals surface area contributed by atoms with Gasteiger partial charge in [0.25, 0.3) is 0 Å². The predicted molar refractivity (Wildman–Crippen MR) is 151 cm³/mol. The Morgan fingerprint density at radius 2 is 1.80 bits per heavy atom. The molecule has 9 nitrogen and oxygen atoms in total. The number of aliphatic hydroxyl groups excluding tert-OH is 1. The molecule has 1 N–H and O–H groups in total. The van der Waals surface area contributed by atoms with Gasteiger partial charge in [0.05, 0.1) is 37.2 Å². The minimum Gasteiger partial charge on any atom is -0.494 e. The summed E-state index contributed by atoms with van der Waals surface area (Å²) in [4.78, 5) is 47.9. The van der Waals surface area contributed by atoms with Gasteiger partial charge in [-0.2, -0.15) is 0 Å². The largest absolute Gasteiger partial charge is 0.494 e. The van der Waals surface area contributed by atoms with E-state index in [2.05, 4.69) is 6.92 Å². The van der Waals surface area contributed by atoms with Crippen molar-refractivity contribution < 1.29 is 29.0 Å². The molecule has 4 aliphatic rings. The van der Waals surface area contributed by atoms with E-state index in [4.69, 9.17) is 9.47 Å². The summed E-state index contributed by atoms with van der Waals surface area (Å²) in [5.74, 6) is -1.80. The van der Waals surface area contributed by atoms with Crippen molar-refractivity contribution in [2.24, 2.45) is 17.8 Å². The molecule has 0 aromatic heterocycles. The molecule has 1 aromatic carbocycles. The second-order valence-corrected chi connectivity index (χ2v) is 11.4. The molecular formula is C31H41N3O6. The zero-order chi connectivity index (χ0) is 28.6. The molecule has 1 aromatic rings. The lowest BCUT2D eigenvalue weighted by Crippen LogP contribution is -2.59. The first-order chi connectivity index (χ1) is 19.3. The Morgan fingerprint density at radius 3 is 2.45 bits per heavy atom. The molecule has 2 saturated heterocycles. The first-order valence-corrected chi connectivity index (χ1v) is 14.6. The number of ether oxygens (including phenoxy) is 2. The van der Waals surface area contributed by atoms with E-state index in [1.807, 2.05) is 69.3 Å².